The average Bonchev–Trinajstić information content (AvgIpc) is 2.57. The summed E-state index contributed by atoms with van der Waals surface area (Å²) < 4.78 is 27.8. The van der Waals surface area contributed by atoms with Gasteiger partial charge in [0.1, 0.15) is 0 Å². The van der Waals surface area contributed by atoms with Gasteiger partial charge in [-0.15, -0.1) is 0 Å². The van der Waals surface area contributed by atoms with Crippen molar-refractivity contribution in [1.29, 1.82) is 0 Å². The third-order valence-electron chi connectivity index (χ3n) is 2.78. The zero-order chi connectivity index (χ0) is 11.5. The number of nitrogens with one attached hydrogen (secondary N) is 1. The van der Waals surface area contributed by atoms with Gasteiger partial charge in [-0.25, -0.2) is 4.72 Å². The molecule has 0 aliphatic carbocycles. The van der Waals surface area contributed by atoms with E-state index in [1.165, 1.54) is 4.31 Å². The van der Waals surface area contributed by atoms with Crippen molar-refractivity contribution in [2.45, 2.75) is 32.7 Å². The molecule has 1 heterocycles. The van der Waals surface area contributed by atoms with Crippen LogP contribution in [-0.2, 0) is 10.2 Å². The Balaban J connectivity index is 2.63. The van der Waals surface area contributed by atoms with E-state index in [1.54, 1.807) is 0 Å². The van der Waals surface area contributed by atoms with Crippen LogP contribution in [0.3, 0.4) is 0 Å². The Morgan fingerprint density at radius 2 is 2.20 bits per heavy atom. The fourth-order valence-corrected chi connectivity index (χ4v) is 3.52. The topological polar surface area (TPSA) is 75.4 Å². The Morgan fingerprint density at radius 3 is 2.67 bits per heavy atom. The van der Waals surface area contributed by atoms with Crippen LogP contribution in [0.15, 0.2) is 0 Å². The van der Waals surface area contributed by atoms with Crippen molar-refractivity contribution < 1.29 is 8.42 Å². The summed E-state index contributed by atoms with van der Waals surface area (Å²) in [5.74, 6) is 0.304. The normalized spacial score (nSPS) is 28.5. The predicted molar refractivity (Wildman–Crippen MR) is 60.5 cm³/mol. The molecule has 0 aromatic carbocycles. The van der Waals surface area contributed by atoms with Crippen molar-refractivity contribution in [2.75, 3.05) is 19.6 Å². The van der Waals surface area contributed by atoms with Gasteiger partial charge in [0.25, 0.3) is 10.2 Å². The number of nitrogens with two attached hydrogens (primary N) is 1. The first-order chi connectivity index (χ1) is 7.01. The van der Waals surface area contributed by atoms with Gasteiger partial charge < -0.3 is 5.73 Å². The summed E-state index contributed by atoms with van der Waals surface area (Å²) >= 11 is 0. The molecule has 2 unspecified atom stereocenters. The lowest BCUT2D eigenvalue weighted by atomic mass is 10.1. The summed E-state index contributed by atoms with van der Waals surface area (Å²) in [5.41, 5.74) is 5.56. The molecular weight excluding hydrogens is 214 g/mol. The van der Waals surface area contributed by atoms with Crippen LogP contribution < -0.4 is 10.5 Å². The molecule has 1 fully saturated rings. The van der Waals surface area contributed by atoms with Crippen molar-refractivity contribution >= 4 is 10.2 Å². The molecule has 6 heteroatoms. The highest BCUT2D eigenvalue weighted by molar-refractivity contribution is 7.87. The minimum absolute atomic E-state index is 0.0629. The molecule has 0 aromatic rings. The van der Waals surface area contributed by atoms with Gasteiger partial charge in [-0.05, 0) is 32.2 Å². The molecular formula is C9H21N3O2S. The second-order valence-corrected chi connectivity index (χ2v) is 5.86. The molecule has 90 valence electrons. The van der Waals surface area contributed by atoms with E-state index < -0.39 is 10.2 Å². The number of nitrogens with zero attached hydrogens (tertiary/aromatic N) is 1. The van der Waals surface area contributed by atoms with Crippen LogP contribution in [0.2, 0.25) is 0 Å². The fraction of sp³-hybridized carbons (Fsp3) is 1.00. The van der Waals surface area contributed by atoms with Gasteiger partial charge in [0.15, 0.2) is 0 Å². The van der Waals surface area contributed by atoms with Crippen molar-refractivity contribution in [1.82, 2.24) is 9.03 Å². The van der Waals surface area contributed by atoms with Crippen LogP contribution in [0.4, 0.5) is 0 Å². The monoisotopic (exact) mass is 235 g/mol. The summed E-state index contributed by atoms with van der Waals surface area (Å²) in [5, 5.41) is 0. The van der Waals surface area contributed by atoms with Crippen LogP contribution in [0.25, 0.3) is 0 Å². The molecule has 3 N–H and O–H groups in total. The Morgan fingerprint density at radius 1 is 1.53 bits per heavy atom. The molecule has 1 saturated heterocycles. The molecule has 0 radical (unpaired) electrons. The molecule has 0 aromatic heterocycles. The molecule has 15 heavy (non-hydrogen) atoms. The van der Waals surface area contributed by atoms with Crippen molar-refractivity contribution in [3.8, 4) is 0 Å². The highest BCUT2D eigenvalue weighted by Gasteiger charge is 2.35. The first-order valence-corrected chi connectivity index (χ1v) is 6.91. The summed E-state index contributed by atoms with van der Waals surface area (Å²) in [7, 11) is -3.29. The lowest BCUT2D eigenvalue weighted by Gasteiger charge is -2.21. The summed E-state index contributed by atoms with van der Waals surface area (Å²) in [6, 6.07) is 0.0629. The largest absolute Gasteiger partial charge is 0.330 e. The zero-order valence-electron chi connectivity index (χ0n) is 9.44. The molecule has 0 spiro atoms. The van der Waals surface area contributed by atoms with Gasteiger partial charge in [-0.1, -0.05) is 6.92 Å². The number of hydrogen-bond donors (Lipinski definition) is 2. The first kappa shape index (κ1) is 12.9. The van der Waals surface area contributed by atoms with Crippen LogP contribution in [-0.4, -0.2) is 38.4 Å². The van der Waals surface area contributed by atoms with Crippen molar-refractivity contribution in [3.63, 3.8) is 0 Å². The lowest BCUT2D eigenvalue weighted by Crippen LogP contribution is -2.43. The van der Waals surface area contributed by atoms with Crippen LogP contribution in [0, 0.1) is 5.92 Å². The van der Waals surface area contributed by atoms with E-state index in [0.29, 0.717) is 25.6 Å². The van der Waals surface area contributed by atoms with Gasteiger partial charge in [0, 0.05) is 19.1 Å². The second kappa shape index (κ2) is 5.25. The van der Waals surface area contributed by atoms with Crippen LogP contribution in [0.5, 0.6) is 0 Å². The van der Waals surface area contributed by atoms with E-state index in [4.69, 9.17) is 5.73 Å². The van der Waals surface area contributed by atoms with E-state index in [-0.39, 0.29) is 6.04 Å². The minimum Gasteiger partial charge on any atom is -0.330 e. The Kier molecular flexibility index (Phi) is 4.51. The molecule has 1 rings (SSSR count). The Bertz CT molecular complexity index is 292. The van der Waals surface area contributed by atoms with Gasteiger partial charge in [-0.2, -0.15) is 12.7 Å². The van der Waals surface area contributed by atoms with Crippen molar-refractivity contribution in [3.05, 3.63) is 0 Å². The van der Waals surface area contributed by atoms with E-state index in [9.17, 15) is 8.42 Å². The Hall–Kier alpha value is -0.170. The third kappa shape index (κ3) is 3.14. The highest BCUT2D eigenvalue weighted by Crippen LogP contribution is 2.24. The van der Waals surface area contributed by atoms with Gasteiger partial charge in [-0.3, -0.25) is 0 Å². The maximum Gasteiger partial charge on any atom is 0.279 e. The van der Waals surface area contributed by atoms with Gasteiger partial charge in [0.05, 0.1) is 0 Å². The SMILES string of the molecule is CCCNS(=O)(=O)N1CC(CN)CC1C. The number of rotatable bonds is 5. The maximum atomic E-state index is 11.8. The molecule has 0 amide bonds. The average molecular weight is 235 g/mol. The van der Waals surface area contributed by atoms with Gasteiger partial charge in [0.2, 0.25) is 0 Å². The summed E-state index contributed by atoms with van der Waals surface area (Å²) in [4.78, 5) is 0. The van der Waals surface area contributed by atoms with E-state index in [0.717, 1.165) is 12.8 Å². The summed E-state index contributed by atoms with van der Waals surface area (Å²) in [6.45, 7) is 5.49. The van der Waals surface area contributed by atoms with E-state index in [1.807, 2.05) is 13.8 Å². The molecule has 1 aliphatic heterocycles. The maximum absolute atomic E-state index is 11.8. The zero-order valence-corrected chi connectivity index (χ0v) is 10.3. The molecule has 1 aliphatic rings. The molecule has 0 bridgehead atoms. The first-order valence-electron chi connectivity index (χ1n) is 5.47. The fourth-order valence-electron chi connectivity index (χ4n) is 1.93. The van der Waals surface area contributed by atoms with Crippen molar-refractivity contribution in [2.24, 2.45) is 11.7 Å². The Labute approximate surface area is 92.2 Å². The van der Waals surface area contributed by atoms with E-state index >= 15 is 0 Å². The molecule has 2 atom stereocenters. The summed E-state index contributed by atoms with van der Waals surface area (Å²) in [6.07, 6.45) is 1.67. The molecule has 0 saturated carbocycles. The molecule has 5 nitrogen and oxygen atoms in total. The van der Waals surface area contributed by atoms with Crippen LogP contribution in [0.1, 0.15) is 26.7 Å². The minimum atomic E-state index is -3.29. The highest BCUT2D eigenvalue weighted by atomic mass is 32.2. The lowest BCUT2D eigenvalue weighted by molar-refractivity contribution is 0.396. The smallest absolute Gasteiger partial charge is 0.279 e. The predicted octanol–water partition coefficient (Wildman–Crippen LogP) is -0.100. The van der Waals surface area contributed by atoms with E-state index in [2.05, 4.69) is 4.72 Å². The second-order valence-electron chi connectivity index (χ2n) is 4.16. The quantitative estimate of drug-likeness (QED) is 0.698. The standard InChI is InChI=1S/C9H21N3O2S/c1-3-4-11-15(13,14)12-7-9(6-10)5-8(12)2/h8-9,11H,3-7,10H2,1-2H3. The number of hydrogen-bond acceptors (Lipinski definition) is 3. The van der Waals surface area contributed by atoms with Gasteiger partial charge >= 0.3 is 0 Å². The van der Waals surface area contributed by atoms with Crippen LogP contribution >= 0.6 is 0 Å². The third-order valence-corrected chi connectivity index (χ3v) is 4.48.